The van der Waals surface area contributed by atoms with Gasteiger partial charge in [0.2, 0.25) is 0 Å². The van der Waals surface area contributed by atoms with Crippen LogP contribution in [0.15, 0.2) is 68.4 Å². The lowest BCUT2D eigenvalue weighted by Gasteiger charge is -2.30. The van der Waals surface area contributed by atoms with Crippen molar-refractivity contribution in [2.75, 3.05) is 30.9 Å². The summed E-state index contributed by atoms with van der Waals surface area (Å²) in [5, 5.41) is 11.6. The lowest BCUT2D eigenvalue weighted by atomic mass is 9.96. The number of fused-ring (bicyclic) bond motifs is 1. The highest BCUT2D eigenvalue weighted by Crippen LogP contribution is 2.32. The van der Waals surface area contributed by atoms with Crippen LogP contribution in [0.2, 0.25) is 0 Å². The van der Waals surface area contributed by atoms with Crippen LogP contribution in [0.25, 0.3) is 6.08 Å². The number of carbonyl (C=O) groups is 1. The molecule has 0 N–H and O–H groups in total. The number of esters is 1. The Hall–Kier alpha value is -3.70. The Morgan fingerprint density at radius 2 is 1.93 bits per heavy atom. The molecule has 2 aliphatic heterocycles. The zero-order chi connectivity index (χ0) is 28.4. The van der Waals surface area contributed by atoms with Crippen molar-refractivity contribution in [3.63, 3.8) is 0 Å². The molecule has 0 amide bonds. The topological polar surface area (TPSA) is 107 Å². The lowest BCUT2D eigenvalue weighted by molar-refractivity contribution is -0.384. The molecule has 208 valence electrons. The van der Waals surface area contributed by atoms with E-state index in [0.29, 0.717) is 26.2 Å². The predicted octanol–water partition coefficient (Wildman–Crippen LogP) is 4.42. The minimum Gasteiger partial charge on any atom is -0.463 e. The van der Waals surface area contributed by atoms with E-state index in [1.54, 1.807) is 42.3 Å². The van der Waals surface area contributed by atoms with Gasteiger partial charge in [-0.05, 0) is 69.2 Å². The number of nitro benzene ring substituents is 1. The molecule has 1 atom stereocenters. The molecule has 1 unspecified atom stereocenters. The number of rotatable bonds is 7. The highest BCUT2D eigenvalue weighted by atomic mass is 32.2. The van der Waals surface area contributed by atoms with Crippen LogP contribution in [0, 0.1) is 10.1 Å². The number of thioether (sulfide) groups is 1. The Bertz CT molecular complexity index is 1670. The van der Waals surface area contributed by atoms with E-state index >= 15 is 0 Å². The molecule has 1 aromatic heterocycles. The third-order valence-electron chi connectivity index (χ3n) is 7.15. The number of ether oxygens (including phenoxy) is 1. The summed E-state index contributed by atoms with van der Waals surface area (Å²) in [6, 6.07) is 11.9. The standard InChI is InChI=1S/C29H30N4O5S2/c1-4-38-28(35)25-18(2)30-29-32(26(25)19-8-11-22(39-3)12-9-19)27(34)24(40-29)17-20-16-21(33(36)37)10-13-23(20)31-14-6-5-7-15-31/h8-13,16-17,26H,4-7,14-15H2,1-3H3/b24-17-. The highest BCUT2D eigenvalue weighted by Gasteiger charge is 2.33. The van der Waals surface area contributed by atoms with Gasteiger partial charge in [0.1, 0.15) is 0 Å². The van der Waals surface area contributed by atoms with Gasteiger partial charge in [0.25, 0.3) is 11.2 Å². The smallest absolute Gasteiger partial charge is 0.338 e. The zero-order valence-electron chi connectivity index (χ0n) is 22.6. The highest BCUT2D eigenvalue weighted by molar-refractivity contribution is 7.98. The largest absolute Gasteiger partial charge is 0.463 e. The van der Waals surface area contributed by atoms with Crippen molar-refractivity contribution in [2.45, 2.75) is 44.0 Å². The van der Waals surface area contributed by atoms with Crippen molar-refractivity contribution in [3.05, 3.63) is 94.7 Å². The summed E-state index contributed by atoms with van der Waals surface area (Å²) >= 11 is 2.82. The molecule has 0 saturated carbocycles. The van der Waals surface area contributed by atoms with Gasteiger partial charge in [-0.1, -0.05) is 23.5 Å². The maximum atomic E-state index is 14.0. The molecule has 2 aromatic carbocycles. The summed E-state index contributed by atoms with van der Waals surface area (Å²) in [6.45, 7) is 5.40. The molecule has 3 heterocycles. The summed E-state index contributed by atoms with van der Waals surface area (Å²) < 4.78 is 7.31. The Morgan fingerprint density at radius 1 is 1.20 bits per heavy atom. The van der Waals surface area contributed by atoms with Crippen LogP contribution in [0.1, 0.15) is 50.3 Å². The third-order valence-corrected chi connectivity index (χ3v) is 8.88. The van der Waals surface area contributed by atoms with Gasteiger partial charge in [-0.25, -0.2) is 9.79 Å². The van der Waals surface area contributed by atoms with Gasteiger partial charge < -0.3 is 9.64 Å². The first-order chi connectivity index (χ1) is 19.3. The molecular formula is C29H30N4O5S2. The van der Waals surface area contributed by atoms with E-state index in [9.17, 15) is 19.7 Å². The number of anilines is 1. The van der Waals surface area contributed by atoms with Gasteiger partial charge in [-0.15, -0.1) is 11.8 Å². The van der Waals surface area contributed by atoms with Gasteiger partial charge in [-0.3, -0.25) is 19.5 Å². The maximum Gasteiger partial charge on any atom is 0.338 e. The second-order valence-electron chi connectivity index (χ2n) is 9.62. The number of hydrogen-bond acceptors (Lipinski definition) is 9. The second-order valence-corrected chi connectivity index (χ2v) is 11.5. The number of nitrogens with zero attached hydrogens (tertiary/aromatic N) is 4. The Morgan fingerprint density at radius 3 is 2.58 bits per heavy atom. The van der Waals surface area contributed by atoms with Gasteiger partial charge in [0.05, 0.1) is 33.4 Å². The molecule has 1 saturated heterocycles. The van der Waals surface area contributed by atoms with E-state index in [0.717, 1.165) is 48.5 Å². The number of allylic oxidation sites excluding steroid dienone is 1. The number of thiazole rings is 1. The van der Waals surface area contributed by atoms with Crippen LogP contribution in [0.3, 0.4) is 0 Å². The minimum atomic E-state index is -0.708. The second kappa shape index (κ2) is 11.8. The number of carbonyl (C=O) groups excluding carboxylic acids is 1. The van der Waals surface area contributed by atoms with Crippen LogP contribution < -0.4 is 19.8 Å². The van der Waals surface area contributed by atoms with E-state index in [4.69, 9.17) is 4.74 Å². The number of benzene rings is 2. The molecule has 9 nitrogen and oxygen atoms in total. The lowest BCUT2D eigenvalue weighted by Crippen LogP contribution is -2.40. The Labute approximate surface area is 239 Å². The first-order valence-electron chi connectivity index (χ1n) is 13.2. The molecule has 0 radical (unpaired) electrons. The fourth-order valence-electron chi connectivity index (χ4n) is 5.23. The van der Waals surface area contributed by atoms with E-state index in [1.807, 2.05) is 30.5 Å². The number of non-ortho nitro benzene ring substituents is 1. The van der Waals surface area contributed by atoms with E-state index in [-0.39, 0.29) is 17.9 Å². The zero-order valence-corrected chi connectivity index (χ0v) is 24.2. The molecular weight excluding hydrogens is 548 g/mol. The van der Waals surface area contributed by atoms with E-state index < -0.39 is 16.9 Å². The van der Waals surface area contributed by atoms with Gasteiger partial charge in [-0.2, -0.15) is 0 Å². The summed E-state index contributed by atoms with van der Waals surface area (Å²) in [5.41, 5.74) is 2.72. The van der Waals surface area contributed by atoms with E-state index in [1.165, 1.54) is 23.5 Å². The average molecular weight is 579 g/mol. The number of piperidine rings is 1. The Balaban J connectivity index is 1.70. The van der Waals surface area contributed by atoms with Gasteiger partial charge >= 0.3 is 5.97 Å². The van der Waals surface area contributed by atoms with Crippen molar-refractivity contribution >= 4 is 46.5 Å². The monoisotopic (exact) mass is 578 g/mol. The first-order valence-corrected chi connectivity index (χ1v) is 15.2. The molecule has 2 aliphatic rings. The van der Waals surface area contributed by atoms with Crippen LogP contribution in [-0.2, 0) is 9.53 Å². The fourth-order valence-corrected chi connectivity index (χ4v) is 6.67. The number of aromatic nitrogens is 1. The first kappa shape index (κ1) is 27.9. The SMILES string of the molecule is CCOC(=O)C1=C(C)N=c2s/c(=C\c3cc([N+](=O)[O-])ccc3N3CCCCC3)c(=O)n2C1c1ccc(SC)cc1. The van der Waals surface area contributed by atoms with Crippen LogP contribution in [0.4, 0.5) is 11.4 Å². The van der Waals surface area contributed by atoms with Crippen molar-refractivity contribution < 1.29 is 14.5 Å². The molecule has 40 heavy (non-hydrogen) atoms. The van der Waals surface area contributed by atoms with Crippen molar-refractivity contribution in [2.24, 2.45) is 4.99 Å². The summed E-state index contributed by atoms with van der Waals surface area (Å²) in [6.07, 6.45) is 6.95. The van der Waals surface area contributed by atoms with Gasteiger partial charge in [0.15, 0.2) is 4.80 Å². The van der Waals surface area contributed by atoms with Crippen LogP contribution >= 0.6 is 23.1 Å². The molecule has 1 fully saturated rings. The minimum absolute atomic E-state index is 0.0352. The summed E-state index contributed by atoms with van der Waals surface area (Å²) in [7, 11) is 0. The van der Waals surface area contributed by atoms with Crippen LogP contribution in [-0.4, -0.2) is 41.4 Å². The molecule has 0 bridgehead atoms. The molecule has 0 spiro atoms. The third kappa shape index (κ3) is 5.35. The quantitative estimate of drug-likeness (QED) is 0.177. The average Bonchev–Trinajstić information content (AvgIpc) is 3.26. The number of nitro groups is 1. The van der Waals surface area contributed by atoms with Crippen LogP contribution in [0.5, 0.6) is 0 Å². The van der Waals surface area contributed by atoms with Crippen molar-refractivity contribution in [3.8, 4) is 0 Å². The molecule has 3 aromatic rings. The van der Waals surface area contributed by atoms with E-state index in [2.05, 4.69) is 9.89 Å². The predicted molar refractivity (Wildman–Crippen MR) is 158 cm³/mol. The molecule has 11 heteroatoms. The molecule has 0 aliphatic carbocycles. The maximum absolute atomic E-state index is 14.0. The Kier molecular flexibility index (Phi) is 8.22. The normalized spacial score (nSPS) is 17.4. The molecule has 5 rings (SSSR count). The summed E-state index contributed by atoms with van der Waals surface area (Å²) in [4.78, 5) is 46.7. The van der Waals surface area contributed by atoms with Crippen molar-refractivity contribution in [1.82, 2.24) is 4.57 Å². The van der Waals surface area contributed by atoms with Crippen molar-refractivity contribution in [1.29, 1.82) is 0 Å². The number of hydrogen-bond donors (Lipinski definition) is 0. The summed E-state index contributed by atoms with van der Waals surface area (Å²) in [5.74, 6) is -0.511. The fraction of sp³-hybridized carbons (Fsp3) is 0.345. The van der Waals surface area contributed by atoms with Gasteiger partial charge in [0, 0.05) is 41.4 Å².